The Morgan fingerprint density at radius 2 is 1.93 bits per heavy atom. The van der Waals surface area contributed by atoms with Crippen LogP contribution in [0.25, 0.3) is 21.8 Å². The maximum absolute atomic E-state index is 14.3. The Hall–Kier alpha value is -2.88. The number of pyridine rings is 1. The van der Waals surface area contributed by atoms with E-state index in [9.17, 15) is 22.4 Å². The standard InChI is InChI=1S/C20H20F4N4O2/c1-26-5-6-27(11-17(26)29)7-8-28-15-10-16(30-2)14(21)9-13(15)12-3-4-25-19(18(12)28)20(22,23)24/h3-4,9-10H,5-8,11H2,1-2H3. The van der Waals surface area contributed by atoms with Crippen LogP contribution in [-0.2, 0) is 17.5 Å². The predicted octanol–water partition coefficient (Wildman–Crippen LogP) is 3.13. The molecule has 0 atom stereocenters. The minimum atomic E-state index is -4.67. The van der Waals surface area contributed by atoms with Gasteiger partial charge in [0.25, 0.3) is 0 Å². The molecule has 10 heteroatoms. The first-order valence-electron chi connectivity index (χ1n) is 9.38. The highest BCUT2D eigenvalue weighted by atomic mass is 19.4. The lowest BCUT2D eigenvalue weighted by molar-refractivity contribution is -0.140. The van der Waals surface area contributed by atoms with Gasteiger partial charge in [-0.25, -0.2) is 9.37 Å². The van der Waals surface area contributed by atoms with E-state index in [1.807, 2.05) is 4.90 Å². The van der Waals surface area contributed by atoms with Crippen LogP contribution in [0.5, 0.6) is 5.75 Å². The molecule has 0 spiro atoms. The topological polar surface area (TPSA) is 50.6 Å². The molecule has 0 unspecified atom stereocenters. The van der Waals surface area contributed by atoms with E-state index in [0.717, 1.165) is 6.20 Å². The van der Waals surface area contributed by atoms with Crippen LogP contribution >= 0.6 is 0 Å². The second-order valence-corrected chi connectivity index (χ2v) is 7.30. The van der Waals surface area contributed by atoms with Crippen molar-refractivity contribution in [1.29, 1.82) is 0 Å². The van der Waals surface area contributed by atoms with E-state index in [4.69, 9.17) is 4.74 Å². The number of alkyl halides is 3. The van der Waals surface area contributed by atoms with E-state index < -0.39 is 17.7 Å². The number of nitrogens with zero attached hydrogens (tertiary/aromatic N) is 4. The van der Waals surface area contributed by atoms with Crippen molar-refractivity contribution in [2.45, 2.75) is 12.7 Å². The zero-order valence-electron chi connectivity index (χ0n) is 16.5. The normalized spacial score (nSPS) is 16.1. The summed E-state index contributed by atoms with van der Waals surface area (Å²) >= 11 is 0. The van der Waals surface area contributed by atoms with Gasteiger partial charge in [0, 0.05) is 56.3 Å². The zero-order valence-corrected chi connectivity index (χ0v) is 16.5. The van der Waals surface area contributed by atoms with E-state index >= 15 is 0 Å². The Bertz CT molecular complexity index is 1130. The van der Waals surface area contributed by atoms with Gasteiger partial charge >= 0.3 is 6.18 Å². The minimum absolute atomic E-state index is 0.0372. The molecule has 160 valence electrons. The fraction of sp³-hybridized carbons (Fsp3) is 0.400. The molecule has 3 heterocycles. The maximum atomic E-state index is 14.3. The molecule has 1 amide bonds. The maximum Gasteiger partial charge on any atom is 0.435 e. The average Bonchev–Trinajstić information content (AvgIpc) is 3.00. The number of ether oxygens (including phenoxy) is 1. The molecule has 1 aromatic carbocycles. The van der Waals surface area contributed by atoms with Crippen molar-refractivity contribution in [1.82, 2.24) is 19.4 Å². The third-order valence-corrected chi connectivity index (χ3v) is 5.49. The molecular weight excluding hydrogens is 404 g/mol. The van der Waals surface area contributed by atoms with Crippen molar-refractivity contribution in [3.05, 3.63) is 35.9 Å². The van der Waals surface area contributed by atoms with E-state index in [2.05, 4.69) is 4.98 Å². The number of amides is 1. The first-order valence-corrected chi connectivity index (χ1v) is 9.38. The van der Waals surface area contributed by atoms with Crippen LogP contribution in [0.2, 0.25) is 0 Å². The fourth-order valence-corrected chi connectivity index (χ4v) is 3.88. The Morgan fingerprint density at radius 3 is 2.60 bits per heavy atom. The summed E-state index contributed by atoms with van der Waals surface area (Å²) < 4.78 is 62.0. The van der Waals surface area contributed by atoms with Gasteiger partial charge < -0.3 is 14.2 Å². The number of hydrogen-bond acceptors (Lipinski definition) is 4. The first kappa shape index (κ1) is 20.4. The van der Waals surface area contributed by atoms with Gasteiger partial charge in [-0.05, 0) is 12.1 Å². The number of halogens is 4. The Balaban J connectivity index is 1.85. The van der Waals surface area contributed by atoms with Gasteiger partial charge in [0.15, 0.2) is 17.3 Å². The van der Waals surface area contributed by atoms with Crippen molar-refractivity contribution in [2.75, 3.05) is 40.3 Å². The molecule has 0 bridgehead atoms. The number of benzene rings is 1. The quantitative estimate of drug-likeness (QED) is 0.604. The molecule has 6 nitrogen and oxygen atoms in total. The second-order valence-electron chi connectivity index (χ2n) is 7.30. The summed E-state index contributed by atoms with van der Waals surface area (Å²) in [6, 6.07) is 4.04. The first-order chi connectivity index (χ1) is 14.2. The highest BCUT2D eigenvalue weighted by Crippen LogP contribution is 2.39. The van der Waals surface area contributed by atoms with Gasteiger partial charge in [-0.2, -0.15) is 13.2 Å². The van der Waals surface area contributed by atoms with Crippen LogP contribution in [0.15, 0.2) is 24.4 Å². The van der Waals surface area contributed by atoms with Crippen LogP contribution in [0.1, 0.15) is 5.69 Å². The molecule has 0 radical (unpaired) electrons. The van der Waals surface area contributed by atoms with Crippen molar-refractivity contribution in [3.8, 4) is 5.75 Å². The number of piperazine rings is 1. The highest BCUT2D eigenvalue weighted by Gasteiger charge is 2.36. The smallest absolute Gasteiger partial charge is 0.435 e. The van der Waals surface area contributed by atoms with Crippen LogP contribution in [0.4, 0.5) is 17.6 Å². The van der Waals surface area contributed by atoms with Gasteiger partial charge in [-0.1, -0.05) is 0 Å². The highest BCUT2D eigenvalue weighted by molar-refractivity contribution is 6.09. The number of hydrogen-bond donors (Lipinski definition) is 0. The third kappa shape index (κ3) is 3.45. The monoisotopic (exact) mass is 424 g/mol. The number of likely N-dealkylation sites (N-methyl/N-ethyl adjacent to an activating group) is 1. The lowest BCUT2D eigenvalue weighted by atomic mass is 10.1. The molecule has 4 rings (SSSR count). The van der Waals surface area contributed by atoms with Crippen molar-refractivity contribution in [2.24, 2.45) is 0 Å². The van der Waals surface area contributed by atoms with Crippen LogP contribution in [0.3, 0.4) is 0 Å². The largest absolute Gasteiger partial charge is 0.494 e. The van der Waals surface area contributed by atoms with Gasteiger partial charge in [-0.15, -0.1) is 0 Å². The van der Waals surface area contributed by atoms with Crippen molar-refractivity contribution < 1.29 is 27.1 Å². The van der Waals surface area contributed by atoms with Gasteiger partial charge in [0.2, 0.25) is 5.91 Å². The van der Waals surface area contributed by atoms with E-state index in [0.29, 0.717) is 30.5 Å². The molecule has 1 aliphatic heterocycles. The molecule has 30 heavy (non-hydrogen) atoms. The summed E-state index contributed by atoms with van der Waals surface area (Å²) in [5, 5.41) is 0.619. The Labute approximate surface area is 169 Å². The Kier molecular flexibility index (Phi) is 5.05. The van der Waals surface area contributed by atoms with Gasteiger partial charge in [-0.3, -0.25) is 9.69 Å². The van der Waals surface area contributed by atoms with E-state index in [1.54, 1.807) is 11.9 Å². The number of rotatable bonds is 4. The fourth-order valence-electron chi connectivity index (χ4n) is 3.88. The van der Waals surface area contributed by atoms with E-state index in [1.165, 1.54) is 29.9 Å². The molecule has 1 aliphatic rings. The summed E-state index contributed by atoms with van der Waals surface area (Å²) in [7, 11) is 3.02. The second kappa shape index (κ2) is 7.42. The van der Waals surface area contributed by atoms with Crippen molar-refractivity contribution >= 4 is 27.7 Å². The predicted molar refractivity (Wildman–Crippen MR) is 103 cm³/mol. The lowest BCUT2D eigenvalue weighted by Crippen LogP contribution is -2.49. The van der Waals surface area contributed by atoms with Gasteiger partial charge in [0.05, 0.1) is 24.7 Å². The van der Waals surface area contributed by atoms with Crippen LogP contribution < -0.4 is 4.74 Å². The number of methoxy groups -OCH3 is 1. The van der Waals surface area contributed by atoms with Gasteiger partial charge in [0.1, 0.15) is 0 Å². The zero-order chi connectivity index (χ0) is 21.6. The van der Waals surface area contributed by atoms with Crippen LogP contribution in [0, 0.1) is 5.82 Å². The minimum Gasteiger partial charge on any atom is -0.494 e. The number of fused-ring (bicyclic) bond motifs is 3. The van der Waals surface area contributed by atoms with Crippen LogP contribution in [-0.4, -0.2) is 65.6 Å². The average molecular weight is 424 g/mol. The molecule has 0 N–H and O–H groups in total. The number of aromatic nitrogens is 2. The Morgan fingerprint density at radius 1 is 1.17 bits per heavy atom. The summed E-state index contributed by atoms with van der Waals surface area (Å²) in [4.78, 5) is 19.0. The summed E-state index contributed by atoms with van der Waals surface area (Å²) in [6.07, 6.45) is -3.59. The molecule has 0 saturated carbocycles. The summed E-state index contributed by atoms with van der Waals surface area (Å²) in [5.74, 6) is -0.744. The van der Waals surface area contributed by atoms with Crippen molar-refractivity contribution in [3.63, 3.8) is 0 Å². The number of carbonyl (C=O) groups is 1. The molecule has 1 fully saturated rings. The molecular formula is C20H20F4N4O2. The summed E-state index contributed by atoms with van der Waals surface area (Å²) in [5.41, 5.74) is -0.708. The van der Waals surface area contributed by atoms with E-state index in [-0.39, 0.29) is 35.6 Å². The molecule has 2 aromatic heterocycles. The molecule has 1 saturated heterocycles. The summed E-state index contributed by atoms with van der Waals surface area (Å²) in [6.45, 7) is 1.93. The SMILES string of the molecule is COc1cc2c(cc1F)c1ccnc(C(F)(F)F)c1n2CCN1CCN(C)C(=O)C1. The molecule has 3 aromatic rings. The molecule has 0 aliphatic carbocycles. The lowest BCUT2D eigenvalue weighted by Gasteiger charge is -2.32. The third-order valence-electron chi connectivity index (χ3n) is 5.49. The number of carbonyl (C=O) groups excluding carboxylic acids is 1.